The molecule has 0 spiro atoms. The molecule has 0 fully saturated rings. The molecule has 1 unspecified atom stereocenters. The Balaban J connectivity index is 2.54. The third-order valence-electron chi connectivity index (χ3n) is 2.58. The smallest absolute Gasteiger partial charge is 0.0726 e. The quantitative estimate of drug-likeness (QED) is 0.870. The molecular weight excluding hydrogens is 222 g/mol. The van der Waals surface area contributed by atoms with Crippen LogP contribution >= 0.6 is 11.6 Å². The van der Waals surface area contributed by atoms with E-state index in [1.807, 2.05) is 49.1 Å². The molecule has 84 valence electrons. The van der Waals surface area contributed by atoms with Crippen molar-refractivity contribution in [2.45, 2.75) is 13.0 Å². The van der Waals surface area contributed by atoms with Crippen molar-refractivity contribution in [2.24, 2.45) is 12.8 Å². The normalized spacial score (nSPS) is 12.8. The van der Waals surface area contributed by atoms with Gasteiger partial charge in [0.1, 0.15) is 0 Å². The van der Waals surface area contributed by atoms with Crippen molar-refractivity contribution in [3.8, 4) is 11.3 Å². The van der Waals surface area contributed by atoms with Crippen molar-refractivity contribution in [1.29, 1.82) is 0 Å². The third kappa shape index (κ3) is 1.96. The van der Waals surface area contributed by atoms with Gasteiger partial charge in [0.15, 0.2) is 0 Å². The fourth-order valence-electron chi connectivity index (χ4n) is 1.75. The zero-order chi connectivity index (χ0) is 11.7. The number of aryl methyl sites for hydroxylation is 1. The minimum Gasteiger partial charge on any atom is -0.324 e. The highest BCUT2D eigenvalue weighted by Gasteiger charge is 2.13. The summed E-state index contributed by atoms with van der Waals surface area (Å²) in [7, 11) is 1.91. The lowest BCUT2D eigenvalue weighted by atomic mass is 10.0. The van der Waals surface area contributed by atoms with Gasteiger partial charge in [0, 0.05) is 29.2 Å². The van der Waals surface area contributed by atoms with Gasteiger partial charge in [0.25, 0.3) is 0 Å². The summed E-state index contributed by atoms with van der Waals surface area (Å²) in [6.07, 6.45) is 1.81. The van der Waals surface area contributed by atoms with Gasteiger partial charge in [-0.25, -0.2) is 0 Å². The minimum atomic E-state index is -0.0284. The molecule has 16 heavy (non-hydrogen) atoms. The number of nitrogens with two attached hydrogens (primary N) is 1. The monoisotopic (exact) mass is 235 g/mol. The number of halogens is 1. The molecule has 1 atom stereocenters. The van der Waals surface area contributed by atoms with E-state index in [-0.39, 0.29) is 6.04 Å². The Kier molecular flexibility index (Phi) is 2.99. The molecule has 0 aliphatic heterocycles. The standard InChI is InChI=1S/C12H14ClN3/c1-8(14)11-7-15-16(2)12(11)9-3-5-10(13)6-4-9/h3-8H,14H2,1-2H3. The summed E-state index contributed by atoms with van der Waals surface area (Å²) in [5, 5.41) is 4.97. The van der Waals surface area contributed by atoms with Gasteiger partial charge in [-0.05, 0) is 19.1 Å². The second-order valence-electron chi connectivity index (χ2n) is 3.87. The zero-order valence-corrected chi connectivity index (χ0v) is 10.1. The minimum absolute atomic E-state index is 0.0284. The van der Waals surface area contributed by atoms with Gasteiger partial charge >= 0.3 is 0 Å². The van der Waals surface area contributed by atoms with E-state index in [1.165, 1.54) is 0 Å². The maximum absolute atomic E-state index is 5.92. The number of hydrogen-bond donors (Lipinski definition) is 1. The maximum atomic E-state index is 5.92. The van der Waals surface area contributed by atoms with E-state index in [1.54, 1.807) is 0 Å². The highest BCUT2D eigenvalue weighted by molar-refractivity contribution is 6.30. The van der Waals surface area contributed by atoms with Crippen molar-refractivity contribution in [2.75, 3.05) is 0 Å². The fraction of sp³-hybridized carbons (Fsp3) is 0.250. The summed E-state index contributed by atoms with van der Waals surface area (Å²) in [4.78, 5) is 0. The Morgan fingerprint density at radius 1 is 1.31 bits per heavy atom. The molecule has 0 aliphatic carbocycles. The lowest BCUT2D eigenvalue weighted by Gasteiger charge is -2.09. The molecule has 1 heterocycles. The predicted molar refractivity (Wildman–Crippen MR) is 66.3 cm³/mol. The van der Waals surface area contributed by atoms with E-state index in [0.29, 0.717) is 0 Å². The number of benzene rings is 1. The fourth-order valence-corrected chi connectivity index (χ4v) is 1.87. The summed E-state index contributed by atoms with van der Waals surface area (Å²) >= 11 is 5.87. The largest absolute Gasteiger partial charge is 0.324 e. The lowest BCUT2D eigenvalue weighted by Crippen LogP contribution is -2.06. The van der Waals surface area contributed by atoms with E-state index >= 15 is 0 Å². The van der Waals surface area contributed by atoms with Crippen LogP contribution in [0.1, 0.15) is 18.5 Å². The molecule has 0 bridgehead atoms. The van der Waals surface area contributed by atoms with Crippen molar-refractivity contribution in [1.82, 2.24) is 9.78 Å². The average Bonchev–Trinajstić information content (AvgIpc) is 2.62. The van der Waals surface area contributed by atoms with Gasteiger partial charge in [-0.2, -0.15) is 5.10 Å². The molecule has 2 rings (SSSR count). The number of aromatic nitrogens is 2. The van der Waals surface area contributed by atoms with Crippen LogP contribution in [-0.4, -0.2) is 9.78 Å². The second-order valence-corrected chi connectivity index (χ2v) is 4.30. The molecule has 0 radical (unpaired) electrons. The Morgan fingerprint density at radius 3 is 2.50 bits per heavy atom. The lowest BCUT2D eigenvalue weighted by molar-refractivity contribution is 0.772. The van der Waals surface area contributed by atoms with E-state index in [2.05, 4.69) is 5.10 Å². The Morgan fingerprint density at radius 2 is 1.94 bits per heavy atom. The van der Waals surface area contributed by atoms with Crippen LogP contribution in [0, 0.1) is 0 Å². The molecular formula is C12H14ClN3. The first-order valence-electron chi connectivity index (χ1n) is 5.13. The van der Waals surface area contributed by atoms with Crippen molar-refractivity contribution in [3.05, 3.63) is 41.0 Å². The van der Waals surface area contributed by atoms with Crippen molar-refractivity contribution < 1.29 is 0 Å². The van der Waals surface area contributed by atoms with E-state index in [0.717, 1.165) is 21.8 Å². The summed E-state index contributed by atoms with van der Waals surface area (Å²) in [6, 6.07) is 7.67. The number of hydrogen-bond acceptors (Lipinski definition) is 2. The van der Waals surface area contributed by atoms with Crippen LogP contribution in [0.25, 0.3) is 11.3 Å². The van der Waals surface area contributed by atoms with Crippen LogP contribution in [0.5, 0.6) is 0 Å². The van der Waals surface area contributed by atoms with Crippen LogP contribution in [0.2, 0.25) is 5.02 Å². The van der Waals surface area contributed by atoms with Crippen LogP contribution in [0.15, 0.2) is 30.5 Å². The van der Waals surface area contributed by atoms with Crippen LogP contribution in [-0.2, 0) is 7.05 Å². The summed E-state index contributed by atoms with van der Waals surface area (Å²) < 4.78 is 1.84. The molecule has 2 aromatic rings. The third-order valence-corrected chi connectivity index (χ3v) is 2.83. The first-order valence-corrected chi connectivity index (χ1v) is 5.51. The van der Waals surface area contributed by atoms with Crippen LogP contribution < -0.4 is 5.73 Å². The molecule has 0 saturated heterocycles. The predicted octanol–water partition coefficient (Wildman–Crippen LogP) is 2.76. The zero-order valence-electron chi connectivity index (χ0n) is 9.31. The Labute approximate surface area is 99.8 Å². The SMILES string of the molecule is CC(N)c1cnn(C)c1-c1ccc(Cl)cc1. The molecule has 0 aliphatic rings. The van der Waals surface area contributed by atoms with E-state index in [9.17, 15) is 0 Å². The second kappa shape index (κ2) is 4.28. The van der Waals surface area contributed by atoms with Gasteiger partial charge in [-0.15, -0.1) is 0 Å². The maximum Gasteiger partial charge on any atom is 0.0726 e. The van der Waals surface area contributed by atoms with Crippen LogP contribution in [0.3, 0.4) is 0 Å². The van der Waals surface area contributed by atoms with Gasteiger partial charge in [0.2, 0.25) is 0 Å². The summed E-state index contributed by atoms with van der Waals surface area (Å²) in [5.74, 6) is 0. The highest BCUT2D eigenvalue weighted by atomic mass is 35.5. The topological polar surface area (TPSA) is 43.8 Å². The van der Waals surface area contributed by atoms with Crippen molar-refractivity contribution >= 4 is 11.6 Å². The number of rotatable bonds is 2. The van der Waals surface area contributed by atoms with Gasteiger partial charge in [0.05, 0.1) is 11.9 Å². The van der Waals surface area contributed by atoms with E-state index in [4.69, 9.17) is 17.3 Å². The first kappa shape index (κ1) is 11.2. The molecule has 4 heteroatoms. The van der Waals surface area contributed by atoms with Gasteiger partial charge < -0.3 is 5.73 Å². The molecule has 0 saturated carbocycles. The van der Waals surface area contributed by atoms with Crippen molar-refractivity contribution in [3.63, 3.8) is 0 Å². The molecule has 2 N–H and O–H groups in total. The molecule has 3 nitrogen and oxygen atoms in total. The van der Waals surface area contributed by atoms with Gasteiger partial charge in [-0.3, -0.25) is 4.68 Å². The summed E-state index contributed by atoms with van der Waals surface area (Å²) in [6.45, 7) is 1.95. The number of nitrogens with zero attached hydrogens (tertiary/aromatic N) is 2. The molecule has 0 amide bonds. The van der Waals surface area contributed by atoms with Gasteiger partial charge in [-0.1, -0.05) is 23.7 Å². The Bertz CT molecular complexity index is 485. The molecule has 1 aromatic heterocycles. The highest BCUT2D eigenvalue weighted by Crippen LogP contribution is 2.27. The molecule has 1 aromatic carbocycles. The van der Waals surface area contributed by atoms with E-state index < -0.39 is 0 Å². The average molecular weight is 236 g/mol. The first-order chi connectivity index (χ1) is 7.59. The Hall–Kier alpha value is -1.32. The van der Waals surface area contributed by atoms with Crippen LogP contribution in [0.4, 0.5) is 0 Å². The summed E-state index contributed by atoms with van der Waals surface area (Å²) in [5.41, 5.74) is 9.09.